The van der Waals surface area contributed by atoms with Gasteiger partial charge >= 0.3 is 0 Å². The van der Waals surface area contributed by atoms with Crippen molar-refractivity contribution in [2.45, 2.75) is 58.9 Å². The molecule has 1 saturated heterocycles. The van der Waals surface area contributed by atoms with E-state index in [1.54, 1.807) is 0 Å². The van der Waals surface area contributed by atoms with Gasteiger partial charge in [0.2, 0.25) is 5.13 Å². The molecule has 0 amide bonds. The molecule has 0 radical (unpaired) electrons. The molecule has 1 aliphatic rings. The molecule has 6 nitrogen and oxygen atoms in total. The summed E-state index contributed by atoms with van der Waals surface area (Å²) in [5, 5.41) is 11.3. The Bertz CT molecular complexity index is 1040. The minimum absolute atomic E-state index is 0.125. The van der Waals surface area contributed by atoms with E-state index in [1.165, 1.54) is 22.3 Å². The SMILES string of the molecule is CCCC(CC(=O)c1nnc(N2CCN(C(C)(C)C)CC2)s1)Cc1c[nH]c2ccccc12. The molecule has 172 valence electrons. The van der Waals surface area contributed by atoms with Crippen molar-refractivity contribution >= 4 is 33.2 Å². The molecular weight excluding hydrogens is 418 g/mol. The first kappa shape index (κ1) is 22.9. The predicted octanol–water partition coefficient (Wildman–Crippen LogP) is 5.17. The standard InChI is InChI=1S/C25H35N5OS/c1-5-8-18(15-19-17-26-21-10-7-6-9-20(19)21)16-22(31)23-27-28-24(32-23)29-11-13-30(14-12-29)25(2,3)4/h6-7,9-10,17-18,26H,5,8,11-16H2,1-4H3. The van der Waals surface area contributed by atoms with E-state index in [-0.39, 0.29) is 11.3 Å². The fourth-order valence-electron chi connectivity index (χ4n) is 4.67. The summed E-state index contributed by atoms with van der Waals surface area (Å²) in [7, 11) is 0. The number of rotatable bonds is 8. The number of nitrogens with zero attached hydrogens (tertiary/aromatic N) is 4. The first-order valence-corrected chi connectivity index (χ1v) is 12.6. The maximum atomic E-state index is 13.1. The van der Waals surface area contributed by atoms with Crippen LogP contribution in [0.5, 0.6) is 0 Å². The Morgan fingerprint density at radius 3 is 2.62 bits per heavy atom. The molecule has 0 saturated carbocycles. The molecule has 1 fully saturated rings. The van der Waals surface area contributed by atoms with Gasteiger partial charge in [-0.3, -0.25) is 9.69 Å². The van der Waals surface area contributed by atoms with Crippen LogP contribution in [0.25, 0.3) is 10.9 Å². The largest absolute Gasteiger partial charge is 0.361 e. The number of ketones is 1. The number of Topliss-reactive ketones (excluding diaryl/α,β-unsaturated/α-hetero) is 1. The van der Waals surface area contributed by atoms with Crippen LogP contribution in [0, 0.1) is 5.92 Å². The number of nitrogens with one attached hydrogen (secondary N) is 1. The van der Waals surface area contributed by atoms with Crippen molar-refractivity contribution < 1.29 is 4.79 Å². The lowest BCUT2D eigenvalue weighted by atomic mass is 9.90. The van der Waals surface area contributed by atoms with Crippen LogP contribution in [0.1, 0.15) is 62.3 Å². The van der Waals surface area contributed by atoms with Gasteiger partial charge in [0.1, 0.15) is 0 Å². The third-order valence-corrected chi connectivity index (χ3v) is 7.53. The number of hydrogen-bond acceptors (Lipinski definition) is 6. The molecular formula is C25H35N5OS. The van der Waals surface area contributed by atoms with Crippen LogP contribution >= 0.6 is 11.3 Å². The highest BCUT2D eigenvalue weighted by Crippen LogP contribution is 2.28. The van der Waals surface area contributed by atoms with Crippen molar-refractivity contribution in [3.05, 3.63) is 41.0 Å². The second-order valence-corrected chi connectivity index (χ2v) is 10.8. The van der Waals surface area contributed by atoms with E-state index in [0.29, 0.717) is 17.3 Å². The Morgan fingerprint density at radius 1 is 1.16 bits per heavy atom. The number of para-hydroxylation sites is 1. The molecule has 32 heavy (non-hydrogen) atoms. The van der Waals surface area contributed by atoms with Gasteiger partial charge in [-0.15, -0.1) is 10.2 Å². The monoisotopic (exact) mass is 453 g/mol. The zero-order valence-corrected chi connectivity index (χ0v) is 20.5. The maximum absolute atomic E-state index is 13.1. The molecule has 1 aromatic carbocycles. The summed E-state index contributed by atoms with van der Waals surface area (Å²) in [4.78, 5) is 21.2. The molecule has 1 unspecified atom stereocenters. The highest BCUT2D eigenvalue weighted by molar-refractivity contribution is 7.17. The first-order chi connectivity index (χ1) is 15.3. The lowest BCUT2D eigenvalue weighted by Crippen LogP contribution is -2.53. The van der Waals surface area contributed by atoms with E-state index in [4.69, 9.17) is 0 Å². The van der Waals surface area contributed by atoms with E-state index in [2.05, 4.69) is 77.1 Å². The van der Waals surface area contributed by atoms with Crippen molar-refractivity contribution in [2.24, 2.45) is 5.92 Å². The normalized spacial score (nSPS) is 16.6. The van der Waals surface area contributed by atoms with Crippen molar-refractivity contribution in [1.29, 1.82) is 0 Å². The smallest absolute Gasteiger partial charge is 0.208 e. The summed E-state index contributed by atoms with van der Waals surface area (Å²) in [5.41, 5.74) is 2.64. The number of anilines is 1. The predicted molar refractivity (Wildman–Crippen MR) is 133 cm³/mol. The van der Waals surface area contributed by atoms with Gasteiger partial charge in [-0.1, -0.05) is 42.9 Å². The van der Waals surface area contributed by atoms with Gasteiger partial charge in [-0.2, -0.15) is 0 Å². The van der Waals surface area contributed by atoms with Gasteiger partial charge in [-0.05, 0) is 51.2 Å². The van der Waals surface area contributed by atoms with Crippen LogP contribution in [-0.2, 0) is 6.42 Å². The summed E-state index contributed by atoms with van der Waals surface area (Å²) in [6.07, 6.45) is 5.63. The Hall–Kier alpha value is -2.25. The van der Waals surface area contributed by atoms with Gasteiger partial charge in [0, 0.05) is 55.2 Å². The van der Waals surface area contributed by atoms with Crippen molar-refractivity contribution in [3.8, 4) is 0 Å². The highest BCUT2D eigenvalue weighted by atomic mass is 32.1. The number of fused-ring (bicyclic) bond motifs is 1. The lowest BCUT2D eigenvalue weighted by molar-refractivity contribution is 0.0957. The molecule has 3 aromatic rings. The molecule has 1 atom stereocenters. The Balaban J connectivity index is 1.39. The van der Waals surface area contributed by atoms with Crippen molar-refractivity contribution in [3.63, 3.8) is 0 Å². The van der Waals surface area contributed by atoms with Crippen LogP contribution in [-0.4, -0.2) is 57.6 Å². The minimum atomic E-state index is 0.125. The molecule has 2 aromatic heterocycles. The number of hydrogen-bond donors (Lipinski definition) is 1. The van der Waals surface area contributed by atoms with Gasteiger partial charge in [-0.25, -0.2) is 0 Å². The molecule has 4 rings (SSSR count). The number of aromatic nitrogens is 3. The average molecular weight is 454 g/mol. The van der Waals surface area contributed by atoms with Crippen LogP contribution in [0.4, 0.5) is 5.13 Å². The van der Waals surface area contributed by atoms with E-state index < -0.39 is 0 Å². The second kappa shape index (κ2) is 9.71. The van der Waals surface area contributed by atoms with Crippen molar-refractivity contribution in [2.75, 3.05) is 31.1 Å². The first-order valence-electron chi connectivity index (χ1n) is 11.8. The third-order valence-electron chi connectivity index (χ3n) is 6.51. The number of benzene rings is 1. The van der Waals surface area contributed by atoms with Gasteiger partial charge in [0.05, 0.1) is 0 Å². The van der Waals surface area contributed by atoms with Crippen LogP contribution in [0.2, 0.25) is 0 Å². The van der Waals surface area contributed by atoms with Crippen LogP contribution in [0.3, 0.4) is 0 Å². The van der Waals surface area contributed by atoms with Gasteiger partial charge < -0.3 is 9.88 Å². The van der Waals surface area contributed by atoms with E-state index in [9.17, 15) is 4.79 Å². The molecule has 3 heterocycles. The molecule has 0 aliphatic carbocycles. The highest BCUT2D eigenvalue weighted by Gasteiger charge is 2.28. The summed E-state index contributed by atoms with van der Waals surface area (Å²) >= 11 is 1.46. The topological polar surface area (TPSA) is 65.1 Å². The summed E-state index contributed by atoms with van der Waals surface area (Å²) in [6, 6.07) is 8.38. The summed E-state index contributed by atoms with van der Waals surface area (Å²) in [5.74, 6) is 0.440. The quantitative estimate of drug-likeness (QED) is 0.477. The van der Waals surface area contributed by atoms with Gasteiger partial charge in [0.15, 0.2) is 10.8 Å². The van der Waals surface area contributed by atoms with E-state index in [0.717, 1.165) is 56.1 Å². The van der Waals surface area contributed by atoms with Crippen LogP contribution < -0.4 is 4.90 Å². The zero-order valence-electron chi connectivity index (χ0n) is 19.7. The Labute approximate surface area is 195 Å². The number of carbonyl (C=O) groups is 1. The fourth-order valence-corrected chi connectivity index (χ4v) is 5.52. The third kappa shape index (κ3) is 5.21. The van der Waals surface area contributed by atoms with Crippen molar-refractivity contribution in [1.82, 2.24) is 20.1 Å². The average Bonchev–Trinajstić information content (AvgIpc) is 3.41. The summed E-state index contributed by atoms with van der Waals surface area (Å²) < 4.78 is 0. The number of carbonyl (C=O) groups excluding carboxylic acids is 1. The number of aromatic amines is 1. The maximum Gasteiger partial charge on any atom is 0.208 e. The molecule has 0 spiro atoms. The van der Waals surface area contributed by atoms with Crippen LogP contribution in [0.15, 0.2) is 30.5 Å². The second-order valence-electron chi connectivity index (χ2n) is 9.88. The zero-order chi connectivity index (χ0) is 22.7. The molecule has 1 N–H and O–H groups in total. The molecule has 7 heteroatoms. The Morgan fingerprint density at radius 2 is 1.91 bits per heavy atom. The van der Waals surface area contributed by atoms with E-state index >= 15 is 0 Å². The summed E-state index contributed by atoms with van der Waals surface area (Å²) in [6.45, 7) is 12.8. The number of piperazine rings is 1. The fraction of sp³-hybridized carbons (Fsp3) is 0.560. The van der Waals surface area contributed by atoms with Gasteiger partial charge in [0.25, 0.3) is 0 Å². The Kier molecular flexibility index (Phi) is 6.96. The van der Waals surface area contributed by atoms with E-state index in [1.807, 2.05) is 6.07 Å². The lowest BCUT2D eigenvalue weighted by Gasteiger charge is -2.42. The minimum Gasteiger partial charge on any atom is -0.361 e. The number of H-pyrrole nitrogens is 1. The molecule has 0 bridgehead atoms. The molecule has 1 aliphatic heterocycles.